The average molecular weight is 238 g/mol. The van der Waals surface area contributed by atoms with Crippen LogP contribution in [0.4, 0.5) is 0 Å². The first kappa shape index (κ1) is 12.8. The van der Waals surface area contributed by atoms with E-state index in [2.05, 4.69) is 0 Å². The highest BCUT2D eigenvalue weighted by Crippen LogP contribution is 2.15. The standard InChI is InChI=1S/C12H14O3S/c1-9(13)16-8-11(12(14)15)7-10-5-3-2-4-6-10/h2-6,11H,7-8H2,1H3,(H,14,15)/t11-/m0/s1. The molecular weight excluding hydrogens is 224 g/mol. The summed E-state index contributed by atoms with van der Waals surface area (Å²) in [7, 11) is 0. The fourth-order valence-electron chi connectivity index (χ4n) is 1.33. The number of carboxylic acid groups (broad SMARTS) is 1. The second-order valence-electron chi connectivity index (χ2n) is 3.53. The van der Waals surface area contributed by atoms with E-state index in [-0.39, 0.29) is 5.12 Å². The van der Waals surface area contributed by atoms with Crippen LogP contribution in [0, 0.1) is 5.92 Å². The summed E-state index contributed by atoms with van der Waals surface area (Å²) in [6.07, 6.45) is 0.469. The van der Waals surface area contributed by atoms with Gasteiger partial charge in [0.25, 0.3) is 0 Å². The third kappa shape index (κ3) is 4.49. The van der Waals surface area contributed by atoms with Crippen molar-refractivity contribution in [3.63, 3.8) is 0 Å². The van der Waals surface area contributed by atoms with Crippen LogP contribution < -0.4 is 0 Å². The Labute approximate surface area is 98.9 Å². The van der Waals surface area contributed by atoms with Crippen molar-refractivity contribution in [2.45, 2.75) is 13.3 Å². The molecule has 0 aliphatic rings. The first-order valence-electron chi connectivity index (χ1n) is 4.99. The van der Waals surface area contributed by atoms with Gasteiger partial charge in [0.05, 0.1) is 5.92 Å². The van der Waals surface area contributed by atoms with Crippen LogP contribution in [0.1, 0.15) is 12.5 Å². The molecule has 0 unspecified atom stereocenters. The van der Waals surface area contributed by atoms with E-state index in [1.54, 1.807) is 0 Å². The summed E-state index contributed by atoms with van der Waals surface area (Å²) in [6, 6.07) is 9.45. The van der Waals surface area contributed by atoms with Gasteiger partial charge < -0.3 is 5.11 Å². The van der Waals surface area contributed by atoms with E-state index >= 15 is 0 Å². The average Bonchev–Trinajstić information content (AvgIpc) is 2.25. The molecule has 3 nitrogen and oxygen atoms in total. The van der Waals surface area contributed by atoms with E-state index < -0.39 is 11.9 Å². The first-order chi connectivity index (χ1) is 7.59. The summed E-state index contributed by atoms with van der Waals surface area (Å²) < 4.78 is 0. The minimum Gasteiger partial charge on any atom is -0.481 e. The van der Waals surface area contributed by atoms with Crippen LogP contribution in [0.15, 0.2) is 30.3 Å². The monoisotopic (exact) mass is 238 g/mol. The van der Waals surface area contributed by atoms with Gasteiger partial charge in [-0.1, -0.05) is 42.1 Å². The van der Waals surface area contributed by atoms with Crippen LogP contribution >= 0.6 is 11.8 Å². The van der Waals surface area contributed by atoms with Crippen LogP contribution in [0.2, 0.25) is 0 Å². The fourth-order valence-corrected chi connectivity index (χ4v) is 2.03. The maximum atomic E-state index is 11.0. The number of rotatable bonds is 5. The van der Waals surface area contributed by atoms with Crippen molar-refractivity contribution in [3.05, 3.63) is 35.9 Å². The highest BCUT2D eigenvalue weighted by molar-refractivity contribution is 8.13. The minimum absolute atomic E-state index is 0.0423. The summed E-state index contributed by atoms with van der Waals surface area (Å²) in [5, 5.41) is 8.98. The molecule has 1 rings (SSSR count). The molecule has 0 bridgehead atoms. The molecule has 1 aromatic carbocycles. The molecule has 0 aliphatic carbocycles. The summed E-state index contributed by atoms with van der Waals surface area (Å²) in [5.41, 5.74) is 0.985. The number of carboxylic acids is 1. The maximum absolute atomic E-state index is 11.0. The van der Waals surface area contributed by atoms with Crippen LogP contribution in [0.25, 0.3) is 0 Å². The van der Waals surface area contributed by atoms with Crippen molar-refractivity contribution >= 4 is 22.8 Å². The van der Waals surface area contributed by atoms with Gasteiger partial charge in [0.15, 0.2) is 5.12 Å². The molecule has 4 heteroatoms. The SMILES string of the molecule is CC(=O)SC[C@H](Cc1ccccc1)C(=O)O. The van der Waals surface area contributed by atoms with Crippen LogP contribution in [-0.2, 0) is 16.0 Å². The Balaban J connectivity index is 2.58. The molecule has 0 fully saturated rings. The molecule has 86 valence electrons. The van der Waals surface area contributed by atoms with E-state index in [9.17, 15) is 9.59 Å². The molecule has 1 N–H and O–H groups in total. The number of hydrogen-bond donors (Lipinski definition) is 1. The van der Waals surface area contributed by atoms with Gasteiger partial charge in [-0.25, -0.2) is 0 Å². The van der Waals surface area contributed by atoms with Gasteiger partial charge in [-0.3, -0.25) is 9.59 Å². The van der Waals surface area contributed by atoms with Crippen molar-refractivity contribution in [1.82, 2.24) is 0 Å². The van der Waals surface area contributed by atoms with Crippen molar-refractivity contribution in [3.8, 4) is 0 Å². The Morgan fingerprint density at radius 2 is 1.94 bits per heavy atom. The van der Waals surface area contributed by atoms with Gasteiger partial charge in [0.1, 0.15) is 0 Å². The molecule has 0 aliphatic heterocycles. The summed E-state index contributed by atoms with van der Waals surface area (Å²) >= 11 is 1.07. The number of thioether (sulfide) groups is 1. The number of benzene rings is 1. The minimum atomic E-state index is -0.849. The zero-order chi connectivity index (χ0) is 12.0. The lowest BCUT2D eigenvalue weighted by atomic mass is 10.0. The Bertz CT molecular complexity index is 362. The molecule has 1 aromatic rings. The Kier molecular flexibility index (Phi) is 5.05. The predicted octanol–water partition coefficient (Wildman–Crippen LogP) is 2.21. The van der Waals surface area contributed by atoms with Crippen molar-refractivity contribution in [2.24, 2.45) is 5.92 Å². The molecule has 0 amide bonds. The molecule has 0 radical (unpaired) electrons. The largest absolute Gasteiger partial charge is 0.481 e. The molecule has 0 heterocycles. The normalized spacial score (nSPS) is 12.1. The lowest BCUT2D eigenvalue weighted by Crippen LogP contribution is -2.19. The number of aliphatic carboxylic acids is 1. The van der Waals surface area contributed by atoms with Crippen molar-refractivity contribution in [2.75, 3.05) is 5.75 Å². The van der Waals surface area contributed by atoms with Gasteiger partial charge in [-0.15, -0.1) is 0 Å². The topological polar surface area (TPSA) is 54.4 Å². The Morgan fingerprint density at radius 3 is 2.44 bits per heavy atom. The number of carbonyl (C=O) groups is 2. The Hall–Kier alpha value is -1.29. The van der Waals surface area contributed by atoms with E-state index in [0.717, 1.165) is 17.3 Å². The molecular formula is C12H14O3S. The molecule has 16 heavy (non-hydrogen) atoms. The van der Waals surface area contributed by atoms with Gasteiger partial charge in [0, 0.05) is 12.7 Å². The first-order valence-corrected chi connectivity index (χ1v) is 5.98. The number of carbonyl (C=O) groups excluding carboxylic acids is 1. The van der Waals surface area contributed by atoms with E-state index in [1.165, 1.54) is 6.92 Å². The maximum Gasteiger partial charge on any atom is 0.307 e. The van der Waals surface area contributed by atoms with E-state index in [0.29, 0.717) is 12.2 Å². The zero-order valence-corrected chi connectivity index (χ0v) is 9.87. The van der Waals surface area contributed by atoms with E-state index in [1.807, 2.05) is 30.3 Å². The molecule has 0 saturated heterocycles. The van der Waals surface area contributed by atoms with Crippen LogP contribution in [0.5, 0.6) is 0 Å². The molecule has 0 spiro atoms. The van der Waals surface area contributed by atoms with E-state index in [4.69, 9.17) is 5.11 Å². The van der Waals surface area contributed by atoms with Gasteiger partial charge in [-0.05, 0) is 12.0 Å². The quantitative estimate of drug-likeness (QED) is 0.854. The molecule has 0 aromatic heterocycles. The van der Waals surface area contributed by atoms with Gasteiger partial charge in [-0.2, -0.15) is 0 Å². The highest BCUT2D eigenvalue weighted by atomic mass is 32.2. The van der Waals surface area contributed by atoms with Crippen LogP contribution in [0.3, 0.4) is 0 Å². The lowest BCUT2D eigenvalue weighted by molar-refractivity contribution is -0.140. The van der Waals surface area contributed by atoms with Crippen molar-refractivity contribution < 1.29 is 14.7 Å². The summed E-state index contributed by atoms with van der Waals surface area (Å²) in [5.74, 6) is -1.02. The zero-order valence-electron chi connectivity index (χ0n) is 9.05. The smallest absolute Gasteiger partial charge is 0.307 e. The third-order valence-electron chi connectivity index (χ3n) is 2.16. The molecule has 1 atom stereocenters. The highest BCUT2D eigenvalue weighted by Gasteiger charge is 2.18. The second kappa shape index (κ2) is 6.33. The third-order valence-corrected chi connectivity index (χ3v) is 3.14. The van der Waals surface area contributed by atoms with Gasteiger partial charge >= 0.3 is 5.97 Å². The van der Waals surface area contributed by atoms with Crippen molar-refractivity contribution in [1.29, 1.82) is 0 Å². The fraction of sp³-hybridized carbons (Fsp3) is 0.333. The second-order valence-corrected chi connectivity index (χ2v) is 4.72. The predicted molar refractivity (Wildman–Crippen MR) is 64.4 cm³/mol. The molecule has 0 saturated carbocycles. The summed E-state index contributed by atoms with van der Waals surface area (Å²) in [4.78, 5) is 21.8. The van der Waals surface area contributed by atoms with Crippen LogP contribution in [-0.4, -0.2) is 21.9 Å². The number of hydrogen-bond acceptors (Lipinski definition) is 3. The Morgan fingerprint density at radius 1 is 1.31 bits per heavy atom. The summed E-state index contributed by atoms with van der Waals surface area (Å²) in [6.45, 7) is 1.45. The van der Waals surface area contributed by atoms with Gasteiger partial charge in [0.2, 0.25) is 0 Å². The lowest BCUT2D eigenvalue weighted by Gasteiger charge is -2.10.